The third-order valence-corrected chi connectivity index (χ3v) is 6.08. The Kier molecular flexibility index (Phi) is 7.45. The molecule has 0 aliphatic carbocycles. The van der Waals surface area contributed by atoms with Gasteiger partial charge in [-0.2, -0.15) is 0 Å². The van der Waals surface area contributed by atoms with E-state index >= 15 is 0 Å². The van der Waals surface area contributed by atoms with E-state index in [2.05, 4.69) is 9.80 Å². The second-order valence-corrected chi connectivity index (χ2v) is 8.21. The van der Waals surface area contributed by atoms with Crippen molar-refractivity contribution in [3.63, 3.8) is 0 Å². The fourth-order valence-corrected chi connectivity index (χ4v) is 4.29. The lowest BCUT2D eigenvalue weighted by Gasteiger charge is -2.33. The number of carbonyl (C=O) groups excluding carboxylic acids is 2. The van der Waals surface area contributed by atoms with Gasteiger partial charge in [-0.25, -0.2) is 0 Å². The van der Waals surface area contributed by atoms with E-state index in [0.29, 0.717) is 6.54 Å². The summed E-state index contributed by atoms with van der Waals surface area (Å²) >= 11 is 0. The number of benzene rings is 1. The number of nitrogens with two attached hydrogens (primary N) is 1. The van der Waals surface area contributed by atoms with Gasteiger partial charge in [0.05, 0.1) is 6.04 Å². The van der Waals surface area contributed by atoms with Crippen LogP contribution in [-0.4, -0.2) is 72.3 Å². The molecule has 2 N–H and O–H groups in total. The van der Waals surface area contributed by atoms with Crippen LogP contribution in [0.1, 0.15) is 54.4 Å². The third-order valence-electron chi connectivity index (χ3n) is 6.08. The highest BCUT2D eigenvalue weighted by atomic mass is 16.2. The number of hydrogen-bond donors (Lipinski definition) is 1. The Morgan fingerprint density at radius 1 is 1.04 bits per heavy atom. The van der Waals surface area contributed by atoms with Crippen LogP contribution >= 0.6 is 0 Å². The molecule has 0 saturated carbocycles. The van der Waals surface area contributed by atoms with Crippen LogP contribution in [-0.2, 0) is 11.3 Å². The molecule has 1 atom stereocenters. The molecule has 28 heavy (non-hydrogen) atoms. The molecular weight excluding hydrogens is 352 g/mol. The summed E-state index contributed by atoms with van der Waals surface area (Å²) in [6, 6.07) is 7.63. The van der Waals surface area contributed by atoms with Crippen molar-refractivity contribution in [1.82, 2.24) is 14.7 Å². The summed E-state index contributed by atoms with van der Waals surface area (Å²) in [4.78, 5) is 30.8. The summed E-state index contributed by atoms with van der Waals surface area (Å²) in [5.74, 6) is -0.168. The first-order chi connectivity index (χ1) is 13.5. The van der Waals surface area contributed by atoms with Crippen LogP contribution in [0.3, 0.4) is 0 Å². The van der Waals surface area contributed by atoms with Crippen molar-refractivity contribution in [2.24, 2.45) is 5.73 Å². The molecule has 6 nitrogen and oxygen atoms in total. The van der Waals surface area contributed by atoms with Crippen LogP contribution in [0, 0.1) is 0 Å². The first kappa shape index (κ1) is 20.8. The number of likely N-dealkylation sites (tertiary alicyclic amines) is 2. The SMILES string of the molecule is CN(CCN1CCCCC1)C(=O)c1ccc(CN2CCCCC2C(N)=O)cc1. The van der Waals surface area contributed by atoms with Crippen LogP contribution in [0.15, 0.2) is 24.3 Å². The zero-order chi connectivity index (χ0) is 19.9. The number of likely N-dealkylation sites (N-methyl/N-ethyl adjacent to an activating group) is 1. The van der Waals surface area contributed by atoms with Crippen molar-refractivity contribution >= 4 is 11.8 Å². The predicted octanol–water partition coefficient (Wildman–Crippen LogP) is 2.08. The fraction of sp³-hybridized carbons (Fsp3) is 0.636. The Labute approximate surface area is 168 Å². The molecule has 2 aliphatic rings. The van der Waals surface area contributed by atoms with Crippen LogP contribution in [0.25, 0.3) is 0 Å². The summed E-state index contributed by atoms with van der Waals surface area (Å²) in [6.07, 6.45) is 6.87. The molecule has 0 spiro atoms. The third kappa shape index (κ3) is 5.55. The van der Waals surface area contributed by atoms with Crippen LogP contribution in [0.4, 0.5) is 0 Å². The summed E-state index contributed by atoms with van der Waals surface area (Å²) in [5.41, 5.74) is 7.39. The van der Waals surface area contributed by atoms with Crippen molar-refractivity contribution in [2.75, 3.05) is 39.8 Å². The molecule has 6 heteroatoms. The van der Waals surface area contributed by atoms with Gasteiger partial charge in [-0.3, -0.25) is 14.5 Å². The highest BCUT2D eigenvalue weighted by Crippen LogP contribution is 2.20. The first-order valence-electron chi connectivity index (χ1n) is 10.6. The smallest absolute Gasteiger partial charge is 0.253 e. The number of nitrogens with zero attached hydrogens (tertiary/aromatic N) is 3. The van der Waals surface area contributed by atoms with Crippen molar-refractivity contribution in [3.8, 4) is 0 Å². The minimum atomic E-state index is -0.234. The maximum Gasteiger partial charge on any atom is 0.253 e. The molecule has 1 aromatic rings. The van der Waals surface area contributed by atoms with E-state index < -0.39 is 0 Å². The number of rotatable bonds is 7. The number of primary amides is 1. The second-order valence-electron chi connectivity index (χ2n) is 8.21. The van der Waals surface area contributed by atoms with E-state index in [0.717, 1.165) is 63.1 Å². The van der Waals surface area contributed by atoms with Gasteiger partial charge in [-0.15, -0.1) is 0 Å². The van der Waals surface area contributed by atoms with Gasteiger partial charge in [0.15, 0.2) is 0 Å². The molecule has 0 radical (unpaired) electrons. The van der Waals surface area contributed by atoms with Gasteiger partial charge in [0.25, 0.3) is 5.91 Å². The lowest BCUT2D eigenvalue weighted by atomic mass is 10.0. The average molecular weight is 387 g/mol. The monoisotopic (exact) mass is 386 g/mol. The van der Waals surface area contributed by atoms with E-state index in [1.807, 2.05) is 36.2 Å². The maximum atomic E-state index is 12.7. The Bertz CT molecular complexity index is 655. The summed E-state index contributed by atoms with van der Waals surface area (Å²) in [6.45, 7) is 5.61. The summed E-state index contributed by atoms with van der Waals surface area (Å²) in [7, 11) is 1.88. The summed E-state index contributed by atoms with van der Waals surface area (Å²) < 4.78 is 0. The highest BCUT2D eigenvalue weighted by Gasteiger charge is 2.26. The van der Waals surface area contributed by atoms with Crippen molar-refractivity contribution < 1.29 is 9.59 Å². The minimum absolute atomic E-state index is 0.0662. The average Bonchev–Trinajstić information content (AvgIpc) is 2.73. The number of carbonyl (C=O) groups is 2. The summed E-state index contributed by atoms with van der Waals surface area (Å²) in [5, 5.41) is 0. The molecule has 2 fully saturated rings. The van der Waals surface area contributed by atoms with Crippen molar-refractivity contribution in [2.45, 2.75) is 51.1 Å². The van der Waals surface area contributed by atoms with Crippen molar-refractivity contribution in [1.29, 1.82) is 0 Å². The van der Waals surface area contributed by atoms with Gasteiger partial charge in [0.1, 0.15) is 0 Å². The largest absolute Gasteiger partial charge is 0.368 e. The zero-order valence-electron chi connectivity index (χ0n) is 17.1. The van der Waals surface area contributed by atoms with Crippen LogP contribution in [0.2, 0.25) is 0 Å². The lowest BCUT2D eigenvalue weighted by Crippen LogP contribution is -2.47. The van der Waals surface area contributed by atoms with Crippen LogP contribution < -0.4 is 5.73 Å². The number of piperidine rings is 2. The van der Waals surface area contributed by atoms with E-state index in [1.165, 1.54) is 19.3 Å². The van der Waals surface area contributed by atoms with Gasteiger partial charge < -0.3 is 15.5 Å². The molecule has 0 aromatic heterocycles. The zero-order valence-corrected chi connectivity index (χ0v) is 17.1. The maximum absolute atomic E-state index is 12.7. The fourth-order valence-electron chi connectivity index (χ4n) is 4.29. The minimum Gasteiger partial charge on any atom is -0.368 e. The van der Waals surface area contributed by atoms with Gasteiger partial charge >= 0.3 is 0 Å². The van der Waals surface area contributed by atoms with E-state index in [-0.39, 0.29) is 17.9 Å². The molecule has 0 bridgehead atoms. The van der Waals surface area contributed by atoms with Crippen LogP contribution in [0.5, 0.6) is 0 Å². The van der Waals surface area contributed by atoms with E-state index in [9.17, 15) is 9.59 Å². The quantitative estimate of drug-likeness (QED) is 0.779. The first-order valence-corrected chi connectivity index (χ1v) is 10.6. The molecule has 2 amide bonds. The second kappa shape index (κ2) is 10.0. The Balaban J connectivity index is 1.52. The van der Waals surface area contributed by atoms with E-state index in [1.54, 1.807) is 0 Å². The van der Waals surface area contributed by atoms with Gasteiger partial charge in [-0.05, 0) is 63.0 Å². The van der Waals surface area contributed by atoms with Gasteiger partial charge in [0.2, 0.25) is 5.91 Å². The number of amides is 2. The number of hydrogen-bond acceptors (Lipinski definition) is 4. The Morgan fingerprint density at radius 2 is 1.71 bits per heavy atom. The van der Waals surface area contributed by atoms with Gasteiger partial charge in [-0.1, -0.05) is 25.0 Å². The molecule has 154 valence electrons. The lowest BCUT2D eigenvalue weighted by molar-refractivity contribution is -0.124. The Morgan fingerprint density at radius 3 is 2.39 bits per heavy atom. The highest BCUT2D eigenvalue weighted by molar-refractivity contribution is 5.94. The molecule has 2 heterocycles. The Hall–Kier alpha value is -1.92. The molecule has 1 unspecified atom stereocenters. The molecule has 1 aromatic carbocycles. The molecular formula is C22H34N4O2. The molecule has 2 saturated heterocycles. The van der Waals surface area contributed by atoms with Crippen molar-refractivity contribution in [3.05, 3.63) is 35.4 Å². The predicted molar refractivity (Wildman–Crippen MR) is 111 cm³/mol. The normalized spacial score (nSPS) is 21.4. The molecule has 3 rings (SSSR count). The molecule has 2 aliphatic heterocycles. The van der Waals surface area contributed by atoms with Gasteiger partial charge in [0, 0.05) is 32.2 Å². The standard InChI is InChI=1S/C22H34N4O2/c1-24(15-16-25-12-4-2-5-13-25)22(28)19-10-8-18(9-11-19)17-26-14-6-3-7-20(26)21(23)27/h8-11,20H,2-7,12-17H2,1H3,(H2,23,27). The topological polar surface area (TPSA) is 69.9 Å². The van der Waals surface area contributed by atoms with E-state index in [4.69, 9.17) is 5.73 Å².